The molecule has 2 saturated heterocycles. The number of ether oxygens (including phenoxy) is 3. The maximum atomic E-state index is 10.7. The molecule has 3 aliphatic rings. The summed E-state index contributed by atoms with van der Waals surface area (Å²) >= 11 is 0. The van der Waals surface area contributed by atoms with E-state index in [1.54, 1.807) is 13.8 Å². The molecule has 16 heavy (non-hydrogen) atoms. The quantitative estimate of drug-likeness (QED) is 0.698. The molecule has 3 rings (SSSR count). The van der Waals surface area contributed by atoms with E-state index in [1.165, 1.54) is 0 Å². The van der Waals surface area contributed by atoms with Gasteiger partial charge in [-0.3, -0.25) is 0 Å². The molecule has 92 valence electrons. The summed E-state index contributed by atoms with van der Waals surface area (Å²) in [5.74, 6) is -0.560. The molecule has 0 aromatic rings. The van der Waals surface area contributed by atoms with Crippen LogP contribution in [0, 0.1) is 5.92 Å². The molecule has 1 saturated carbocycles. The fourth-order valence-corrected chi connectivity index (χ4v) is 2.83. The number of hydrogen-bond donors (Lipinski definition) is 2. The Hall–Kier alpha value is -0.200. The van der Waals surface area contributed by atoms with Gasteiger partial charge in [-0.25, -0.2) is 0 Å². The standard InChI is InChI=1S/C11H18O5/c1-10(2)15-8-9(16-10)14-7(5-12)11(8,13)6-3-4-6/h6-9,12-13H,3-5H2,1-2H3/t7-,8+,9-,11-/m1/s1. The van der Waals surface area contributed by atoms with E-state index in [0.29, 0.717) is 0 Å². The van der Waals surface area contributed by atoms with Crippen LogP contribution in [0.3, 0.4) is 0 Å². The molecule has 2 aliphatic heterocycles. The molecule has 4 atom stereocenters. The van der Waals surface area contributed by atoms with Crippen LogP contribution in [0.25, 0.3) is 0 Å². The molecular formula is C11H18O5. The van der Waals surface area contributed by atoms with Crippen molar-refractivity contribution in [2.45, 2.75) is 56.6 Å². The van der Waals surface area contributed by atoms with Gasteiger partial charge in [0.15, 0.2) is 12.1 Å². The number of fused-ring (bicyclic) bond motifs is 1. The SMILES string of the molecule is CC1(C)O[C@H]2O[C@H](CO)[C@](O)(C3CC3)[C@H]2O1. The molecule has 5 heteroatoms. The normalized spacial score (nSPS) is 50.6. The van der Waals surface area contributed by atoms with Gasteiger partial charge in [0.2, 0.25) is 0 Å². The lowest BCUT2D eigenvalue weighted by Gasteiger charge is -2.32. The lowest BCUT2D eigenvalue weighted by Crippen LogP contribution is -2.52. The second-order valence-electron chi connectivity index (χ2n) is 5.39. The minimum absolute atomic E-state index is 0.164. The summed E-state index contributed by atoms with van der Waals surface area (Å²) in [6.07, 6.45) is 0.295. The van der Waals surface area contributed by atoms with Crippen LogP contribution < -0.4 is 0 Å². The van der Waals surface area contributed by atoms with Crippen LogP contribution in [0.2, 0.25) is 0 Å². The predicted octanol–water partition coefficient (Wildman–Crippen LogP) is -0.00380. The Morgan fingerprint density at radius 2 is 1.94 bits per heavy atom. The molecule has 5 nitrogen and oxygen atoms in total. The highest BCUT2D eigenvalue weighted by Gasteiger charge is 2.67. The molecule has 2 heterocycles. The highest BCUT2D eigenvalue weighted by Crippen LogP contribution is 2.53. The van der Waals surface area contributed by atoms with Crippen LogP contribution in [0.1, 0.15) is 26.7 Å². The van der Waals surface area contributed by atoms with Gasteiger partial charge < -0.3 is 24.4 Å². The fraction of sp³-hybridized carbons (Fsp3) is 1.00. The van der Waals surface area contributed by atoms with Gasteiger partial charge in [0.1, 0.15) is 17.8 Å². The van der Waals surface area contributed by atoms with Crippen LogP contribution in [-0.2, 0) is 14.2 Å². The molecule has 2 N–H and O–H groups in total. The molecule has 1 aliphatic carbocycles. The molecule has 0 radical (unpaired) electrons. The van der Waals surface area contributed by atoms with Crippen molar-refractivity contribution in [2.75, 3.05) is 6.61 Å². The maximum Gasteiger partial charge on any atom is 0.190 e. The van der Waals surface area contributed by atoms with E-state index in [2.05, 4.69) is 0 Å². The van der Waals surface area contributed by atoms with Crippen LogP contribution in [0.5, 0.6) is 0 Å². The van der Waals surface area contributed by atoms with Crippen molar-refractivity contribution in [2.24, 2.45) is 5.92 Å². The summed E-state index contributed by atoms with van der Waals surface area (Å²) in [6, 6.07) is 0. The summed E-state index contributed by atoms with van der Waals surface area (Å²) in [4.78, 5) is 0. The third kappa shape index (κ3) is 1.36. The molecule has 0 aromatic carbocycles. The minimum Gasteiger partial charge on any atom is -0.394 e. The van der Waals surface area contributed by atoms with Gasteiger partial charge >= 0.3 is 0 Å². The highest BCUT2D eigenvalue weighted by molar-refractivity contribution is 5.11. The first-order valence-corrected chi connectivity index (χ1v) is 5.81. The average Bonchev–Trinajstić information content (AvgIpc) is 2.95. The summed E-state index contributed by atoms with van der Waals surface area (Å²) < 4.78 is 16.8. The number of aliphatic hydroxyl groups excluding tert-OH is 1. The van der Waals surface area contributed by atoms with Crippen LogP contribution in [0.4, 0.5) is 0 Å². The average molecular weight is 230 g/mol. The summed E-state index contributed by atoms with van der Waals surface area (Å²) in [7, 11) is 0. The van der Waals surface area contributed by atoms with Crippen LogP contribution in [-0.4, -0.2) is 46.7 Å². The highest BCUT2D eigenvalue weighted by atomic mass is 16.8. The first kappa shape index (κ1) is 10.9. The van der Waals surface area contributed by atoms with Crippen LogP contribution in [0.15, 0.2) is 0 Å². The molecular weight excluding hydrogens is 212 g/mol. The molecule has 0 spiro atoms. The third-order valence-corrected chi connectivity index (χ3v) is 3.73. The zero-order chi connectivity index (χ0) is 11.6. The summed E-state index contributed by atoms with van der Waals surface area (Å²) in [5, 5.41) is 20.0. The summed E-state index contributed by atoms with van der Waals surface area (Å²) in [6.45, 7) is 3.40. The Bertz CT molecular complexity index is 301. The van der Waals surface area contributed by atoms with Gasteiger partial charge in [-0.15, -0.1) is 0 Å². The van der Waals surface area contributed by atoms with E-state index in [9.17, 15) is 10.2 Å². The zero-order valence-electron chi connectivity index (χ0n) is 9.55. The monoisotopic (exact) mass is 230 g/mol. The Labute approximate surface area is 94.3 Å². The predicted molar refractivity (Wildman–Crippen MR) is 53.5 cm³/mol. The van der Waals surface area contributed by atoms with E-state index in [4.69, 9.17) is 14.2 Å². The Balaban J connectivity index is 1.89. The van der Waals surface area contributed by atoms with E-state index >= 15 is 0 Å². The van der Waals surface area contributed by atoms with Gasteiger partial charge in [0.05, 0.1) is 6.61 Å². The van der Waals surface area contributed by atoms with Crippen molar-refractivity contribution in [3.05, 3.63) is 0 Å². The van der Waals surface area contributed by atoms with Crippen LogP contribution >= 0.6 is 0 Å². The Kier molecular flexibility index (Phi) is 2.17. The maximum absolute atomic E-state index is 10.7. The van der Waals surface area contributed by atoms with Crippen molar-refractivity contribution >= 4 is 0 Å². The Morgan fingerprint density at radius 3 is 2.50 bits per heavy atom. The van der Waals surface area contributed by atoms with Gasteiger partial charge in [0, 0.05) is 0 Å². The fourth-order valence-electron chi connectivity index (χ4n) is 2.83. The van der Waals surface area contributed by atoms with E-state index in [0.717, 1.165) is 12.8 Å². The lowest BCUT2D eigenvalue weighted by molar-refractivity contribution is -0.236. The molecule has 0 unspecified atom stereocenters. The van der Waals surface area contributed by atoms with E-state index < -0.39 is 29.9 Å². The van der Waals surface area contributed by atoms with Crippen molar-refractivity contribution in [3.63, 3.8) is 0 Å². The molecule has 0 aromatic heterocycles. The van der Waals surface area contributed by atoms with Crippen molar-refractivity contribution in [3.8, 4) is 0 Å². The van der Waals surface area contributed by atoms with Gasteiger partial charge in [0.25, 0.3) is 0 Å². The largest absolute Gasteiger partial charge is 0.394 e. The van der Waals surface area contributed by atoms with Crippen molar-refractivity contribution in [1.82, 2.24) is 0 Å². The molecule has 0 bridgehead atoms. The van der Waals surface area contributed by atoms with Gasteiger partial charge in [-0.2, -0.15) is 0 Å². The third-order valence-electron chi connectivity index (χ3n) is 3.73. The lowest BCUT2D eigenvalue weighted by atomic mass is 9.87. The van der Waals surface area contributed by atoms with Crippen molar-refractivity contribution in [1.29, 1.82) is 0 Å². The second kappa shape index (κ2) is 3.17. The minimum atomic E-state index is -1.09. The number of hydrogen-bond acceptors (Lipinski definition) is 5. The van der Waals surface area contributed by atoms with Gasteiger partial charge in [-0.05, 0) is 32.6 Å². The van der Waals surface area contributed by atoms with E-state index in [1.807, 2.05) is 0 Å². The van der Waals surface area contributed by atoms with E-state index in [-0.39, 0.29) is 12.5 Å². The number of aliphatic hydroxyl groups is 2. The van der Waals surface area contributed by atoms with Gasteiger partial charge in [-0.1, -0.05) is 0 Å². The first-order valence-electron chi connectivity index (χ1n) is 5.81. The topological polar surface area (TPSA) is 68.2 Å². The smallest absolute Gasteiger partial charge is 0.190 e. The van der Waals surface area contributed by atoms with Crippen molar-refractivity contribution < 1.29 is 24.4 Å². The molecule has 0 amide bonds. The molecule has 3 fully saturated rings. The Morgan fingerprint density at radius 1 is 1.25 bits per heavy atom. The number of rotatable bonds is 2. The summed E-state index contributed by atoms with van der Waals surface area (Å²) in [5.41, 5.74) is -1.09. The second-order valence-corrected chi connectivity index (χ2v) is 5.39. The first-order chi connectivity index (χ1) is 7.47. The zero-order valence-corrected chi connectivity index (χ0v) is 9.55.